The average Bonchev–Trinajstić information content (AvgIpc) is 2.62. The first-order valence-corrected chi connectivity index (χ1v) is 8.26. The van der Waals surface area contributed by atoms with E-state index in [-0.39, 0.29) is 0 Å². The number of halogens is 2. The monoisotopic (exact) mass is 345 g/mol. The zero-order chi connectivity index (χ0) is 13.7. The SMILES string of the molecule is CCOc1c(Br)cc(Cl)cc1NC1CCCCCC1. The lowest BCUT2D eigenvalue weighted by Crippen LogP contribution is -2.19. The number of ether oxygens (including phenoxy) is 1. The number of hydrogen-bond acceptors (Lipinski definition) is 2. The van der Waals surface area contributed by atoms with Crippen molar-refractivity contribution < 1.29 is 4.74 Å². The predicted molar refractivity (Wildman–Crippen MR) is 85.4 cm³/mol. The van der Waals surface area contributed by atoms with Crippen molar-refractivity contribution in [2.24, 2.45) is 0 Å². The van der Waals surface area contributed by atoms with E-state index in [0.717, 1.165) is 20.9 Å². The minimum Gasteiger partial charge on any atom is -0.491 e. The number of rotatable bonds is 4. The summed E-state index contributed by atoms with van der Waals surface area (Å²) in [5.74, 6) is 0.871. The smallest absolute Gasteiger partial charge is 0.156 e. The zero-order valence-corrected chi connectivity index (χ0v) is 13.7. The van der Waals surface area contributed by atoms with Gasteiger partial charge in [-0.1, -0.05) is 37.3 Å². The van der Waals surface area contributed by atoms with Crippen LogP contribution in [0.25, 0.3) is 0 Å². The topological polar surface area (TPSA) is 21.3 Å². The van der Waals surface area contributed by atoms with Crippen LogP contribution in [0.3, 0.4) is 0 Å². The Morgan fingerprint density at radius 3 is 2.58 bits per heavy atom. The van der Waals surface area contributed by atoms with Crippen molar-refractivity contribution in [1.82, 2.24) is 0 Å². The summed E-state index contributed by atoms with van der Waals surface area (Å²) < 4.78 is 6.64. The van der Waals surface area contributed by atoms with Gasteiger partial charge in [-0.2, -0.15) is 0 Å². The molecule has 1 aliphatic rings. The minimum atomic E-state index is 0.534. The molecule has 1 fully saturated rings. The fourth-order valence-corrected chi connectivity index (χ4v) is 3.53. The molecule has 1 N–H and O–H groups in total. The van der Waals surface area contributed by atoms with Crippen LogP contribution in [0.1, 0.15) is 45.4 Å². The lowest BCUT2D eigenvalue weighted by molar-refractivity contribution is 0.339. The maximum atomic E-state index is 6.15. The van der Waals surface area contributed by atoms with Gasteiger partial charge >= 0.3 is 0 Å². The molecule has 0 radical (unpaired) electrons. The summed E-state index contributed by atoms with van der Waals surface area (Å²) in [5, 5.41) is 4.34. The normalized spacial score (nSPS) is 17.0. The maximum absolute atomic E-state index is 6.15. The Hall–Kier alpha value is -0.410. The van der Waals surface area contributed by atoms with Crippen molar-refractivity contribution in [2.75, 3.05) is 11.9 Å². The number of benzene rings is 1. The highest BCUT2D eigenvalue weighted by molar-refractivity contribution is 9.10. The molecular formula is C15H21BrClNO. The van der Waals surface area contributed by atoms with E-state index >= 15 is 0 Å². The van der Waals surface area contributed by atoms with Gasteiger partial charge < -0.3 is 10.1 Å². The second-order valence-electron chi connectivity index (χ2n) is 5.03. The van der Waals surface area contributed by atoms with Crippen molar-refractivity contribution >= 4 is 33.2 Å². The van der Waals surface area contributed by atoms with E-state index in [4.69, 9.17) is 16.3 Å². The standard InChI is InChI=1S/C15H21BrClNO/c1-2-19-15-13(16)9-11(17)10-14(15)18-12-7-5-3-4-6-8-12/h9-10,12,18H,2-8H2,1H3. The maximum Gasteiger partial charge on any atom is 0.156 e. The molecule has 2 nitrogen and oxygen atoms in total. The van der Waals surface area contributed by atoms with E-state index < -0.39 is 0 Å². The first-order valence-electron chi connectivity index (χ1n) is 7.09. The summed E-state index contributed by atoms with van der Waals surface area (Å²) in [4.78, 5) is 0. The molecule has 1 aromatic carbocycles. The Labute approximate surface area is 129 Å². The lowest BCUT2D eigenvalue weighted by atomic mass is 10.1. The highest BCUT2D eigenvalue weighted by atomic mass is 79.9. The van der Waals surface area contributed by atoms with Crippen molar-refractivity contribution in [3.63, 3.8) is 0 Å². The molecule has 0 saturated heterocycles. The summed E-state index contributed by atoms with van der Waals surface area (Å²) >= 11 is 9.68. The van der Waals surface area contributed by atoms with Crippen LogP contribution >= 0.6 is 27.5 Å². The summed E-state index contributed by atoms with van der Waals surface area (Å²) in [6, 6.07) is 4.37. The molecule has 0 aliphatic heterocycles. The third kappa shape index (κ3) is 4.28. The molecule has 106 valence electrons. The quantitative estimate of drug-likeness (QED) is 0.713. The lowest BCUT2D eigenvalue weighted by Gasteiger charge is -2.21. The summed E-state index contributed by atoms with van der Waals surface area (Å²) in [6.07, 6.45) is 7.80. The van der Waals surface area contributed by atoms with Crippen LogP contribution < -0.4 is 10.1 Å². The fraction of sp³-hybridized carbons (Fsp3) is 0.600. The van der Waals surface area contributed by atoms with Gasteiger partial charge in [-0.25, -0.2) is 0 Å². The third-order valence-corrected chi connectivity index (χ3v) is 4.32. The molecule has 1 aliphatic carbocycles. The summed E-state index contributed by atoms with van der Waals surface area (Å²) in [7, 11) is 0. The summed E-state index contributed by atoms with van der Waals surface area (Å²) in [6.45, 7) is 2.65. The van der Waals surface area contributed by atoms with Crippen LogP contribution in [0.5, 0.6) is 5.75 Å². The molecular weight excluding hydrogens is 326 g/mol. The first-order chi connectivity index (χ1) is 9.20. The Morgan fingerprint density at radius 2 is 1.95 bits per heavy atom. The Morgan fingerprint density at radius 1 is 1.26 bits per heavy atom. The van der Waals surface area contributed by atoms with Gasteiger partial charge in [0, 0.05) is 11.1 Å². The Balaban J connectivity index is 2.17. The van der Waals surface area contributed by atoms with Crippen molar-refractivity contribution in [1.29, 1.82) is 0 Å². The molecule has 2 rings (SSSR count). The predicted octanol–water partition coefficient (Wildman–Crippen LogP) is 5.64. The molecule has 1 aromatic rings. The largest absolute Gasteiger partial charge is 0.491 e. The Bertz CT molecular complexity index is 417. The minimum absolute atomic E-state index is 0.534. The van der Waals surface area contributed by atoms with Crippen LogP contribution in [-0.2, 0) is 0 Å². The molecule has 0 atom stereocenters. The van der Waals surface area contributed by atoms with Gasteiger partial charge in [0.15, 0.2) is 5.75 Å². The van der Waals surface area contributed by atoms with E-state index in [1.807, 2.05) is 19.1 Å². The molecule has 0 aromatic heterocycles. The van der Waals surface area contributed by atoms with Crippen molar-refractivity contribution in [3.8, 4) is 5.75 Å². The van der Waals surface area contributed by atoms with Crippen molar-refractivity contribution in [3.05, 3.63) is 21.6 Å². The van der Waals surface area contributed by atoms with E-state index in [1.54, 1.807) is 0 Å². The zero-order valence-electron chi connectivity index (χ0n) is 11.3. The van der Waals surface area contributed by atoms with Crippen molar-refractivity contribution in [2.45, 2.75) is 51.5 Å². The van der Waals surface area contributed by atoms with E-state index in [2.05, 4.69) is 21.2 Å². The van der Waals surface area contributed by atoms with E-state index in [9.17, 15) is 0 Å². The van der Waals surface area contributed by atoms with Gasteiger partial charge in [-0.3, -0.25) is 0 Å². The second kappa shape index (κ2) is 7.39. The van der Waals surface area contributed by atoms with Gasteiger partial charge in [0.05, 0.1) is 16.8 Å². The average molecular weight is 347 g/mol. The van der Waals surface area contributed by atoms with Crippen LogP contribution in [0, 0.1) is 0 Å². The molecule has 0 unspecified atom stereocenters. The highest BCUT2D eigenvalue weighted by Crippen LogP contribution is 2.37. The molecule has 1 saturated carbocycles. The van der Waals surface area contributed by atoms with E-state index in [1.165, 1.54) is 38.5 Å². The van der Waals surface area contributed by atoms with Crippen LogP contribution in [-0.4, -0.2) is 12.6 Å². The highest BCUT2D eigenvalue weighted by Gasteiger charge is 2.16. The van der Waals surface area contributed by atoms with Gasteiger partial charge in [0.25, 0.3) is 0 Å². The fourth-order valence-electron chi connectivity index (χ4n) is 2.60. The summed E-state index contributed by atoms with van der Waals surface area (Å²) in [5.41, 5.74) is 1.01. The molecule has 4 heteroatoms. The van der Waals surface area contributed by atoms with Gasteiger partial charge in [-0.05, 0) is 47.8 Å². The Kier molecular flexibility index (Phi) is 5.83. The number of nitrogens with one attached hydrogen (secondary N) is 1. The molecule has 0 spiro atoms. The number of anilines is 1. The van der Waals surface area contributed by atoms with Crippen LogP contribution in [0.2, 0.25) is 5.02 Å². The van der Waals surface area contributed by atoms with Gasteiger partial charge in [0.1, 0.15) is 0 Å². The van der Waals surface area contributed by atoms with Gasteiger partial charge in [0.2, 0.25) is 0 Å². The number of hydrogen-bond donors (Lipinski definition) is 1. The molecule has 0 heterocycles. The van der Waals surface area contributed by atoms with Gasteiger partial charge in [-0.15, -0.1) is 0 Å². The van der Waals surface area contributed by atoms with Crippen LogP contribution in [0.15, 0.2) is 16.6 Å². The van der Waals surface area contributed by atoms with E-state index in [0.29, 0.717) is 12.6 Å². The molecule has 0 amide bonds. The third-order valence-electron chi connectivity index (χ3n) is 3.51. The molecule has 19 heavy (non-hydrogen) atoms. The second-order valence-corrected chi connectivity index (χ2v) is 6.32. The van der Waals surface area contributed by atoms with Crippen LogP contribution in [0.4, 0.5) is 5.69 Å². The first kappa shape index (κ1) is 15.0. The molecule has 0 bridgehead atoms.